The van der Waals surface area contributed by atoms with Crippen LogP contribution in [0.5, 0.6) is 0 Å². The lowest BCUT2D eigenvalue weighted by molar-refractivity contribution is -0.144. The van der Waals surface area contributed by atoms with E-state index in [2.05, 4.69) is 10.6 Å². The fourth-order valence-electron chi connectivity index (χ4n) is 4.78. The Kier molecular flexibility index (Phi) is 7.14. The molecule has 1 aliphatic carbocycles. The number of nitrogens with one attached hydrogen (secondary N) is 2. The van der Waals surface area contributed by atoms with Crippen LogP contribution in [0.3, 0.4) is 0 Å². The smallest absolute Gasteiger partial charge is 0.243 e. The van der Waals surface area contributed by atoms with E-state index in [1.807, 2.05) is 53.7 Å². The molecular formula is C22H37N3O4. The van der Waals surface area contributed by atoms with Gasteiger partial charge in [0, 0.05) is 18.5 Å². The number of carbonyl (C=O) groups excluding carboxylic acids is 3. The van der Waals surface area contributed by atoms with E-state index in [0.717, 1.165) is 6.42 Å². The van der Waals surface area contributed by atoms with Crippen LogP contribution in [0, 0.1) is 29.6 Å². The molecule has 2 rings (SSSR count). The fraction of sp³-hybridized carbons (Fsp3) is 0.773. The zero-order valence-corrected chi connectivity index (χ0v) is 18.7. The molecular weight excluding hydrogens is 370 g/mol. The van der Waals surface area contributed by atoms with Crippen molar-refractivity contribution in [2.45, 2.75) is 65.6 Å². The number of fused-ring (bicyclic) bond motifs is 1. The summed E-state index contributed by atoms with van der Waals surface area (Å²) in [7, 11) is 1.58. The summed E-state index contributed by atoms with van der Waals surface area (Å²) in [5.74, 6) is -2.24. The first kappa shape index (κ1) is 23.4. The van der Waals surface area contributed by atoms with Crippen LogP contribution in [-0.4, -0.2) is 59.0 Å². The predicted molar refractivity (Wildman–Crippen MR) is 112 cm³/mol. The Labute approximate surface area is 174 Å². The van der Waals surface area contributed by atoms with Gasteiger partial charge in [0.15, 0.2) is 0 Å². The Balaban J connectivity index is 2.57. The number of nitrogens with zero attached hydrogens (tertiary/aromatic N) is 1. The van der Waals surface area contributed by atoms with Crippen molar-refractivity contribution in [3.8, 4) is 0 Å². The third kappa shape index (κ3) is 4.49. The van der Waals surface area contributed by atoms with Crippen molar-refractivity contribution in [2.75, 3.05) is 13.7 Å². The Hall–Kier alpha value is -1.89. The quantitative estimate of drug-likeness (QED) is 0.578. The number of amides is 3. The summed E-state index contributed by atoms with van der Waals surface area (Å²) >= 11 is 0. The topological polar surface area (TPSA) is 98.7 Å². The minimum absolute atomic E-state index is 0.0292. The molecule has 2 aliphatic rings. The summed E-state index contributed by atoms with van der Waals surface area (Å²) in [6, 6.07) is -1.23. The average molecular weight is 408 g/mol. The maximum Gasteiger partial charge on any atom is 0.243 e. The first-order chi connectivity index (χ1) is 13.5. The highest BCUT2D eigenvalue weighted by Crippen LogP contribution is 2.46. The summed E-state index contributed by atoms with van der Waals surface area (Å²) in [5.41, 5.74) is -0.457. The normalized spacial score (nSPS) is 30.3. The summed E-state index contributed by atoms with van der Waals surface area (Å²) in [6.45, 7) is 11.3. The van der Waals surface area contributed by atoms with Gasteiger partial charge in [-0.05, 0) is 39.0 Å². The van der Waals surface area contributed by atoms with E-state index in [1.54, 1.807) is 11.9 Å². The number of allylic oxidation sites excluding steroid dienone is 1. The van der Waals surface area contributed by atoms with E-state index in [4.69, 9.17) is 0 Å². The lowest BCUT2D eigenvalue weighted by Crippen LogP contribution is -2.56. The number of aliphatic hydroxyl groups is 1. The standard InChI is InChI=1S/C22H37N3O4/c1-8-13-9-10-14-17(16(13)19(27)23-7)21(29)25(15(11-26)12(2)3)18(14)20(28)24-22(4,5)6/h9-10,12-18,26H,8,11H2,1-7H3,(H,23,27)(H,24,28)/t13-,14+,15+,16-,17+,18+/m1/s1. The highest BCUT2D eigenvalue weighted by Gasteiger charge is 2.58. The third-order valence-corrected chi connectivity index (χ3v) is 6.15. The monoisotopic (exact) mass is 407 g/mol. The zero-order valence-electron chi connectivity index (χ0n) is 18.7. The Morgan fingerprint density at radius 2 is 1.83 bits per heavy atom. The van der Waals surface area contributed by atoms with Gasteiger partial charge in [0.25, 0.3) is 0 Å². The highest BCUT2D eigenvalue weighted by atomic mass is 16.3. The van der Waals surface area contributed by atoms with Gasteiger partial charge in [-0.3, -0.25) is 14.4 Å². The molecule has 7 heteroatoms. The van der Waals surface area contributed by atoms with Crippen molar-refractivity contribution in [3.05, 3.63) is 12.2 Å². The number of likely N-dealkylation sites (tertiary alicyclic amines) is 1. The molecule has 1 heterocycles. The first-order valence-corrected chi connectivity index (χ1v) is 10.6. The lowest BCUT2D eigenvalue weighted by Gasteiger charge is -2.36. The molecule has 29 heavy (non-hydrogen) atoms. The van der Waals surface area contributed by atoms with Crippen molar-refractivity contribution in [1.82, 2.24) is 15.5 Å². The third-order valence-electron chi connectivity index (χ3n) is 6.15. The van der Waals surface area contributed by atoms with E-state index in [1.165, 1.54) is 0 Å². The highest BCUT2D eigenvalue weighted by molar-refractivity contribution is 5.97. The molecule has 1 fully saturated rings. The molecule has 0 aromatic heterocycles. The van der Waals surface area contributed by atoms with Gasteiger partial charge < -0.3 is 20.6 Å². The van der Waals surface area contributed by atoms with Crippen LogP contribution < -0.4 is 10.6 Å². The molecule has 3 N–H and O–H groups in total. The van der Waals surface area contributed by atoms with Crippen molar-refractivity contribution < 1.29 is 19.5 Å². The minimum atomic E-state index is -0.743. The van der Waals surface area contributed by atoms with Crippen LogP contribution in [-0.2, 0) is 14.4 Å². The Morgan fingerprint density at radius 1 is 1.21 bits per heavy atom. The molecule has 0 radical (unpaired) electrons. The lowest BCUT2D eigenvalue weighted by atomic mass is 9.68. The van der Waals surface area contributed by atoms with Crippen LogP contribution in [0.1, 0.15) is 48.0 Å². The van der Waals surface area contributed by atoms with Crippen LogP contribution in [0.4, 0.5) is 0 Å². The molecule has 0 spiro atoms. The fourth-order valence-corrected chi connectivity index (χ4v) is 4.78. The van der Waals surface area contributed by atoms with Gasteiger partial charge in [-0.1, -0.05) is 32.9 Å². The van der Waals surface area contributed by atoms with Gasteiger partial charge in [0.05, 0.1) is 24.5 Å². The van der Waals surface area contributed by atoms with Gasteiger partial charge in [-0.2, -0.15) is 0 Å². The largest absolute Gasteiger partial charge is 0.394 e. The molecule has 7 nitrogen and oxygen atoms in total. The predicted octanol–water partition coefficient (Wildman–Crippen LogP) is 1.32. The van der Waals surface area contributed by atoms with Crippen molar-refractivity contribution in [3.63, 3.8) is 0 Å². The van der Waals surface area contributed by atoms with Crippen LogP contribution in [0.15, 0.2) is 12.2 Å². The number of hydrogen-bond donors (Lipinski definition) is 3. The van der Waals surface area contributed by atoms with Gasteiger partial charge in [-0.25, -0.2) is 0 Å². The van der Waals surface area contributed by atoms with Crippen molar-refractivity contribution in [1.29, 1.82) is 0 Å². The van der Waals surface area contributed by atoms with Crippen LogP contribution in [0.2, 0.25) is 0 Å². The number of rotatable bonds is 6. The van der Waals surface area contributed by atoms with E-state index < -0.39 is 35.4 Å². The SMILES string of the molecule is CC[C@@H]1C=C[C@H]2[C@H](C(=O)N([C@@H](CO)C(C)C)[C@@H]2C(=O)NC(C)(C)C)[C@@H]1C(=O)NC. The molecule has 0 aromatic rings. The Bertz CT molecular complexity index is 667. The molecule has 0 saturated carbocycles. The summed E-state index contributed by atoms with van der Waals surface area (Å²) in [5, 5.41) is 15.7. The molecule has 1 saturated heterocycles. The molecule has 0 bridgehead atoms. The van der Waals surface area contributed by atoms with Crippen molar-refractivity contribution in [2.24, 2.45) is 29.6 Å². The van der Waals surface area contributed by atoms with Crippen LogP contribution >= 0.6 is 0 Å². The maximum atomic E-state index is 13.6. The molecule has 1 aliphatic heterocycles. The van der Waals surface area contributed by atoms with E-state index in [9.17, 15) is 19.5 Å². The number of carbonyl (C=O) groups is 3. The maximum absolute atomic E-state index is 13.6. The first-order valence-electron chi connectivity index (χ1n) is 10.6. The van der Waals surface area contributed by atoms with Gasteiger partial charge >= 0.3 is 0 Å². The molecule has 0 aromatic carbocycles. The molecule has 3 amide bonds. The van der Waals surface area contributed by atoms with E-state index in [0.29, 0.717) is 0 Å². The summed E-state index contributed by atoms with van der Waals surface area (Å²) in [6.07, 6.45) is 4.66. The second-order valence-corrected chi connectivity index (χ2v) is 9.62. The molecule has 6 atom stereocenters. The van der Waals surface area contributed by atoms with Gasteiger partial charge in [-0.15, -0.1) is 0 Å². The van der Waals surface area contributed by atoms with Gasteiger partial charge in [0.1, 0.15) is 6.04 Å². The second-order valence-electron chi connectivity index (χ2n) is 9.62. The second kappa shape index (κ2) is 8.86. The van der Waals surface area contributed by atoms with E-state index in [-0.39, 0.29) is 36.2 Å². The number of aliphatic hydroxyl groups excluding tert-OH is 1. The van der Waals surface area contributed by atoms with E-state index >= 15 is 0 Å². The van der Waals surface area contributed by atoms with Crippen LogP contribution in [0.25, 0.3) is 0 Å². The average Bonchev–Trinajstić information content (AvgIpc) is 2.92. The van der Waals surface area contributed by atoms with Gasteiger partial charge in [0.2, 0.25) is 17.7 Å². The molecule has 164 valence electrons. The molecule has 0 unspecified atom stereocenters. The summed E-state index contributed by atoms with van der Waals surface area (Å²) < 4.78 is 0. The number of hydrogen-bond acceptors (Lipinski definition) is 4. The zero-order chi connectivity index (χ0) is 22.1. The Morgan fingerprint density at radius 3 is 2.28 bits per heavy atom. The minimum Gasteiger partial charge on any atom is -0.394 e. The van der Waals surface area contributed by atoms with Crippen molar-refractivity contribution >= 4 is 17.7 Å². The summed E-state index contributed by atoms with van der Waals surface area (Å²) in [4.78, 5) is 41.2.